The lowest BCUT2D eigenvalue weighted by Crippen LogP contribution is -2.67. The summed E-state index contributed by atoms with van der Waals surface area (Å²) in [6.45, 7) is 2.06. The number of benzene rings is 3. The number of aliphatic hydroxyl groups excluding tert-OH is 1. The third-order valence-electron chi connectivity index (χ3n) is 7.79. The van der Waals surface area contributed by atoms with Gasteiger partial charge in [0, 0.05) is 24.3 Å². The lowest BCUT2D eigenvalue weighted by atomic mass is 9.80. The van der Waals surface area contributed by atoms with Gasteiger partial charge in [-0.05, 0) is 28.9 Å². The van der Waals surface area contributed by atoms with Crippen molar-refractivity contribution < 1.29 is 29.0 Å². The van der Waals surface area contributed by atoms with Crippen molar-refractivity contribution in [2.24, 2.45) is 11.7 Å². The van der Waals surface area contributed by atoms with Gasteiger partial charge < -0.3 is 15.6 Å². The lowest BCUT2D eigenvalue weighted by molar-refractivity contribution is -0.157. The maximum atomic E-state index is 14.1. The van der Waals surface area contributed by atoms with Gasteiger partial charge in [-0.1, -0.05) is 97.1 Å². The summed E-state index contributed by atoms with van der Waals surface area (Å²) in [4.78, 5) is 54.5. The zero-order valence-electron chi connectivity index (χ0n) is 24.6. The van der Waals surface area contributed by atoms with E-state index in [1.165, 1.54) is 24.0 Å². The Labute approximate surface area is 265 Å². The first-order valence-corrected chi connectivity index (χ1v) is 17.0. The molecule has 4 aromatic rings. The first kappa shape index (κ1) is 31.9. The Bertz CT molecular complexity index is 1680. The van der Waals surface area contributed by atoms with E-state index in [0.29, 0.717) is 0 Å². The molecule has 2 amide bonds. The predicted molar refractivity (Wildman–Crippen MR) is 179 cm³/mol. The van der Waals surface area contributed by atoms with Crippen LogP contribution in [0.2, 0.25) is 0 Å². The molecule has 1 aliphatic rings. The fourth-order valence-electron chi connectivity index (χ4n) is 5.74. The van der Waals surface area contributed by atoms with Gasteiger partial charge in [0.2, 0.25) is 11.5 Å². The molecule has 0 saturated carbocycles. The normalized spacial score (nSPS) is 16.8. The van der Waals surface area contributed by atoms with Crippen LogP contribution in [0, 0.1) is 5.92 Å². The third-order valence-corrected chi connectivity index (χ3v) is 12.8. The summed E-state index contributed by atoms with van der Waals surface area (Å²) < 4.78 is 6.28. The molecule has 45 heavy (non-hydrogen) atoms. The Morgan fingerprint density at radius 3 is 1.91 bits per heavy atom. The number of amides is 2. The predicted octanol–water partition coefficient (Wildman–Crippen LogP) is 3.83. The Kier molecular flexibility index (Phi) is 9.63. The van der Waals surface area contributed by atoms with Crippen LogP contribution >= 0.6 is 18.2 Å². The van der Waals surface area contributed by atoms with Gasteiger partial charge in [-0.15, -0.1) is 17.9 Å². The van der Waals surface area contributed by atoms with Crippen LogP contribution in [-0.4, -0.2) is 51.3 Å². The average molecular weight is 641 g/mol. The zero-order chi connectivity index (χ0) is 32.1. The number of thiophene rings is 1. The number of hydrogen-bond acceptors (Lipinski definition) is 7. The van der Waals surface area contributed by atoms with Gasteiger partial charge in [-0.25, -0.2) is 0 Å². The number of β-lactam (4-membered cyclic amide) rings is 1. The van der Waals surface area contributed by atoms with E-state index in [1.807, 2.05) is 91.0 Å². The van der Waals surface area contributed by atoms with Crippen LogP contribution in [0.5, 0.6) is 0 Å². The zero-order valence-corrected chi connectivity index (χ0v) is 26.3. The quantitative estimate of drug-likeness (QED) is 0.0797. The highest BCUT2D eigenvalue weighted by Crippen LogP contribution is 2.50. The second-order valence-electron chi connectivity index (χ2n) is 10.7. The second-order valence-corrected chi connectivity index (χ2v) is 14.8. The number of aliphatic hydroxyl groups is 1. The van der Waals surface area contributed by atoms with Crippen molar-refractivity contribution in [3.8, 4) is 0 Å². The molecule has 3 aromatic carbocycles. The number of ether oxygens (including phenoxy) is 1. The average Bonchev–Trinajstić information content (AvgIpc) is 3.54. The van der Waals surface area contributed by atoms with Gasteiger partial charge in [0.05, 0.1) is 29.4 Å². The van der Waals surface area contributed by atoms with Crippen molar-refractivity contribution in [1.29, 1.82) is 0 Å². The molecule has 1 aromatic heterocycles. The molecule has 2 heterocycles. The van der Waals surface area contributed by atoms with E-state index in [1.54, 1.807) is 5.38 Å². The molecular weight excluding hydrogens is 607 g/mol. The Hall–Kier alpha value is -4.56. The lowest BCUT2D eigenvalue weighted by Gasteiger charge is -2.50. The van der Waals surface area contributed by atoms with E-state index in [2.05, 4.69) is 6.58 Å². The summed E-state index contributed by atoms with van der Waals surface area (Å²) in [5, 5.41) is 14.8. The maximum absolute atomic E-state index is 14.1. The Morgan fingerprint density at radius 2 is 1.49 bits per heavy atom. The van der Waals surface area contributed by atoms with Gasteiger partial charge >= 0.3 is 5.97 Å². The van der Waals surface area contributed by atoms with Crippen LogP contribution in [0.1, 0.15) is 39.8 Å². The van der Waals surface area contributed by atoms with E-state index < -0.39 is 42.7 Å². The molecule has 0 spiro atoms. The topological polar surface area (TPSA) is 127 Å². The molecule has 10 heteroatoms. The minimum Gasteiger partial charge on any atom is -0.408 e. The van der Waals surface area contributed by atoms with Crippen LogP contribution in [0.3, 0.4) is 0 Å². The largest absolute Gasteiger partial charge is 0.408 e. The van der Waals surface area contributed by atoms with Crippen molar-refractivity contribution >= 4 is 63.3 Å². The van der Waals surface area contributed by atoms with E-state index in [0.717, 1.165) is 27.3 Å². The van der Waals surface area contributed by atoms with Crippen molar-refractivity contribution in [3.63, 3.8) is 0 Å². The molecule has 1 fully saturated rings. The number of ketones is 1. The van der Waals surface area contributed by atoms with Crippen molar-refractivity contribution in [2.45, 2.75) is 31.9 Å². The number of carbonyl (C=O) groups excluding carboxylic acids is 4. The molecule has 0 unspecified atom stereocenters. The number of nitrogens with two attached hydrogens (primary N) is 1. The number of primary amides is 1. The number of Topliss-reactive ketones (excluding diaryl/α,β-unsaturated/α-hetero) is 1. The molecule has 0 radical (unpaired) electrons. The molecule has 0 aliphatic carbocycles. The molecule has 5 rings (SSSR count). The monoisotopic (exact) mass is 640 g/mol. The van der Waals surface area contributed by atoms with Crippen molar-refractivity contribution in [1.82, 2.24) is 4.90 Å². The highest BCUT2D eigenvalue weighted by Gasteiger charge is 2.55. The highest BCUT2D eigenvalue weighted by molar-refractivity contribution is 7.95. The van der Waals surface area contributed by atoms with Crippen LogP contribution in [0.4, 0.5) is 0 Å². The fraction of sp³-hybridized carbons (Fsp3) is 0.171. The summed E-state index contributed by atoms with van der Waals surface area (Å²) in [6.07, 6.45) is 0.0473. The number of hydrogen-bond donors (Lipinski definition) is 2. The number of likely N-dealkylation sites (tertiary alicyclic amines) is 1. The molecule has 3 N–H and O–H groups in total. The number of rotatable bonds is 12. The minimum atomic E-state index is -3.13. The van der Waals surface area contributed by atoms with Crippen LogP contribution < -0.4 is 21.6 Å². The van der Waals surface area contributed by atoms with Crippen molar-refractivity contribution in [2.75, 3.05) is 0 Å². The SMILES string of the molecule is C=CCC(=O)OC(N1C(=O)[C@H]([C@@H](C)O)[C@H]1CC(=O)c1csc(C(N)=O)c1)=P(c1ccccc1)(c1ccccc1)c1ccccc1. The summed E-state index contributed by atoms with van der Waals surface area (Å²) in [7, 11) is 0. The van der Waals surface area contributed by atoms with Crippen LogP contribution in [0.15, 0.2) is 115 Å². The van der Waals surface area contributed by atoms with Crippen LogP contribution in [0.25, 0.3) is 0 Å². The first-order valence-electron chi connectivity index (χ1n) is 14.4. The van der Waals surface area contributed by atoms with E-state index >= 15 is 0 Å². The third kappa shape index (κ3) is 6.07. The Morgan fingerprint density at radius 1 is 0.978 bits per heavy atom. The van der Waals surface area contributed by atoms with Crippen LogP contribution in [-0.2, 0) is 14.3 Å². The van der Waals surface area contributed by atoms with Crippen molar-refractivity contribution in [3.05, 3.63) is 126 Å². The van der Waals surface area contributed by atoms with E-state index in [9.17, 15) is 24.3 Å². The molecule has 0 bridgehead atoms. The fourth-order valence-corrected chi connectivity index (χ4v) is 10.7. The molecular formula is C35H33N2O6PS. The smallest absolute Gasteiger partial charge is 0.316 e. The molecule has 1 saturated heterocycles. The number of nitrogens with zero attached hydrogens (tertiary/aromatic N) is 1. The minimum absolute atomic E-state index is 0.112. The number of esters is 1. The molecule has 230 valence electrons. The summed E-state index contributed by atoms with van der Waals surface area (Å²) in [5.74, 6) is -2.99. The first-order chi connectivity index (χ1) is 21.7. The van der Waals surface area contributed by atoms with Gasteiger partial charge in [0.25, 0.3) is 5.91 Å². The Balaban J connectivity index is 1.82. The maximum Gasteiger partial charge on any atom is 0.316 e. The van der Waals surface area contributed by atoms with Gasteiger partial charge in [0.15, 0.2) is 5.78 Å². The highest BCUT2D eigenvalue weighted by atomic mass is 32.1. The van der Waals surface area contributed by atoms with E-state index in [-0.39, 0.29) is 34.7 Å². The molecule has 3 atom stereocenters. The van der Waals surface area contributed by atoms with Gasteiger partial charge in [-0.2, -0.15) is 0 Å². The molecule has 8 nitrogen and oxygen atoms in total. The molecule has 1 aliphatic heterocycles. The van der Waals surface area contributed by atoms with Gasteiger partial charge in [-0.3, -0.25) is 24.1 Å². The number of carbonyl (C=O) groups is 4. The van der Waals surface area contributed by atoms with Gasteiger partial charge in [0.1, 0.15) is 0 Å². The summed E-state index contributed by atoms with van der Waals surface area (Å²) >= 11 is 1.06. The summed E-state index contributed by atoms with van der Waals surface area (Å²) in [5.41, 5.74) is 5.80. The summed E-state index contributed by atoms with van der Waals surface area (Å²) in [6, 6.07) is 29.3. The van der Waals surface area contributed by atoms with E-state index in [4.69, 9.17) is 10.5 Å². The second kappa shape index (κ2) is 13.6. The standard InChI is InChI=1S/C35H33N2O6PS/c1-3-13-31(40)43-35(37-28(32(23(2)38)34(37)42)21-29(39)24-20-30(33(36)41)45-22-24)44(25-14-7-4-8-15-25,26-16-9-5-10-17-26)27-18-11-6-12-19-27/h3-12,14-20,22-23,28,32,38H,1,13,21H2,2H3,(H2,36,41)/t23-,28-,32-/m1/s1.